The highest BCUT2D eigenvalue weighted by Crippen LogP contribution is 2.43. The van der Waals surface area contributed by atoms with Gasteiger partial charge in [0.25, 0.3) is 0 Å². The Kier molecular flexibility index (Phi) is 9.58. The molecule has 1 heteroatoms. The molecule has 0 amide bonds. The Morgan fingerprint density at radius 1 is 0.200 bits per heavy atom. The highest BCUT2D eigenvalue weighted by molar-refractivity contribution is 6.14. The van der Waals surface area contributed by atoms with Crippen molar-refractivity contribution in [2.45, 2.75) is 0 Å². The fourth-order valence-corrected chi connectivity index (χ4v) is 9.80. The van der Waals surface area contributed by atoms with Crippen molar-refractivity contribution < 1.29 is 0 Å². The fourth-order valence-electron chi connectivity index (χ4n) is 9.80. The van der Waals surface area contributed by atoms with Crippen LogP contribution in [-0.4, -0.2) is 0 Å². The average Bonchev–Trinajstić information content (AvgIpc) is 3.39. The summed E-state index contributed by atoms with van der Waals surface area (Å²) in [5, 5.41) is 10.0. The Bertz CT molecular complexity index is 3680. The Morgan fingerprint density at radius 2 is 0.708 bits per heavy atom. The van der Waals surface area contributed by atoms with Crippen LogP contribution in [0.3, 0.4) is 0 Å². The van der Waals surface area contributed by atoms with E-state index in [9.17, 15) is 0 Å². The van der Waals surface area contributed by atoms with Crippen molar-refractivity contribution in [1.29, 1.82) is 0 Å². The van der Waals surface area contributed by atoms with Crippen LogP contribution in [-0.2, 0) is 0 Å². The van der Waals surface area contributed by atoms with Crippen LogP contribution < -0.4 is 4.90 Å². The van der Waals surface area contributed by atoms with E-state index in [1.807, 2.05) is 0 Å². The molecular weight excluding hydrogens is 783 g/mol. The van der Waals surface area contributed by atoms with Gasteiger partial charge in [-0.1, -0.05) is 212 Å². The molecule has 0 aliphatic carbocycles. The molecule has 0 aromatic heterocycles. The molecule has 0 bridgehead atoms. The summed E-state index contributed by atoms with van der Waals surface area (Å²) < 4.78 is 0. The minimum atomic E-state index is 1.09. The van der Waals surface area contributed by atoms with E-state index in [2.05, 4.69) is 266 Å². The molecule has 12 aromatic rings. The lowest BCUT2D eigenvalue weighted by atomic mass is 9.89. The van der Waals surface area contributed by atoms with Gasteiger partial charge < -0.3 is 4.90 Å². The monoisotopic (exact) mass is 825 g/mol. The number of hydrogen-bond donors (Lipinski definition) is 0. The van der Waals surface area contributed by atoms with Gasteiger partial charge in [-0.05, 0) is 147 Å². The second-order valence-corrected chi connectivity index (χ2v) is 16.9. The first kappa shape index (κ1) is 38.2. The summed E-state index contributed by atoms with van der Waals surface area (Å²) in [6, 6.07) is 95.3. The zero-order valence-corrected chi connectivity index (χ0v) is 35.8. The van der Waals surface area contributed by atoms with Crippen molar-refractivity contribution in [3.8, 4) is 55.6 Å². The van der Waals surface area contributed by atoms with Gasteiger partial charge in [-0.2, -0.15) is 0 Å². The molecule has 0 N–H and O–H groups in total. The molecule has 0 heterocycles. The van der Waals surface area contributed by atoms with Gasteiger partial charge in [-0.25, -0.2) is 0 Å². The highest BCUT2D eigenvalue weighted by Gasteiger charge is 2.18. The lowest BCUT2D eigenvalue weighted by Crippen LogP contribution is -2.10. The summed E-state index contributed by atoms with van der Waals surface area (Å²) in [6.07, 6.45) is 0. The number of hydrogen-bond acceptors (Lipinski definition) is 1. The summed E-state index contributed by atoms with van der Waals surface area (Å²) in [5.41, 5.74) is 15.3. The molecule has 0 saturated heterocycles. The molecule has 0 unspecified atom stereocenters. The predicted octanol–water partition coefficient (Wildman–Crippen LogP) is 18.1. The SMILES string of the molecule is c1ccc(-c2ccc3ccccc3c2-c2ccc(N(c3ccc(-c4ccc(-c5ccc6ccccc6c5)cc4)cc3)c3cccc(-c4cc5ccccc5c5ccccc45)c3)cc2)cc1. The fraction of sp³-hybridized carbons (Fsp3) is 0. The topological polar surface area (TPSA) is 3.24 Å². The third kappa shape index (κ3) is 7.10. The minimum Gasteiger partial charge on any atom is -0.310 e. The van der Waals surface area contributed by atoms with E-state index in [1.54, 1.807) is 0 Å². The van der Waals surface area contributed by atoms with Crippen LogP contribution in [0.4, 0.5) is 17.1 Å². The first-order valence-electron chi connectivity index (χ1n) is 22.4. The van der Waals surface area contributed by atoms with Gasteiger partial charge in [0, 0.05) is 17.1 Å². The molecule has 0 radical (unpaired) electrons. The number of nitrogens with zero attached hydrogens (tertiary/aromatic N) is 1. The van der Waals surface area contributed by atoms with Crippen LogP contribution >= 0.6 is 0 Å². The van der Waals surface area contributed by atoms with Gasteiger partial charge in [0.1, 0.15) is 0 Å². The van der Waals surface area contributed by atoms with Crippen molar-refractivity contribution in [3.05, 3.63) is 261 Å². The molecule has 0 fully saturated rings. The van der Waals surface area contributed by atoms with E-state index in [-0.39, 0.29) is 0 Å². The molecule has 12 aromatic carbocycles. The minimum absolute atomic E-state index is 1.09. The van der Waals surface area contributed by atoms with Crippen molar-refractivity contribution in [2.24, 2.45) is 0 Å². The second kappa shape index (κ2) is 16.3. The lowest BCUT2D eigenvalue weighted by molar-refractivity contribution is 1.28. The summed E-state index contributed by atoms with van der Waals surface area (Å²) in [6.45, 7) is 0. The Morgan fingerprint density at radius 3 is 1.43 bits per heavy atom. The van der Waals surface area contributed by atoms with E-state index in [1.165, 1.54) is 98.7 Å². The quantitative estimate of drug-likeness (QED) is 0.138. The van der Waals surface area contributed by atoms with Crippen LogP contribution in [0.1, 0.15) is 0 Å². The Balaban J connectivity index is 0.957. The summed E-state index contributed by atoms with van der Waals surface area (Å²) in [5.74, 6) is 0. The molecule has 65 heavy (non-hydrogen) atoms. The third-order valence-electron chi connectivity index (χ3n) is 13.0. The maximum atomic E-state index is 2.39. The predicted molar refractivity (Wildman–Crippen MR) is 278 cm³/mol. The Hall–Kier alpha value is -8.52. The number of benzene rings is 12. The molecule has 0 atom stereocenters. The van der Waals surface area contributed by atoms with Gasteiger partial charge in [0.05, 0.1) is 0 Å². The normalized spacial score (nSPS) is 11.4. The standard InChI is InChI=1S/C64H43N/c1-2-14-48(15-3-1)60-40-35-49-16-6-9-22-59(49)64(60)50-33-38-56(39-34-50)65(57-20-12-19-53(42-57)63-43-54-18-7-8-21-58(54)61-23-10-11-24-62(61)63)55-36-31-46(32-37-55)45-25-27-47(28-26-45)52-30-29-44-13-4-5-17-51(44)41-52/h1-43H. The van der Waals surface area contributed by atoms with Crippen LogP contribution in [0.5, 0.6) is 0 Å². The van der Waals surface area contributed by atoms with E-state index < -0.39 is 0 Å². The van der Waals surface area contributed by atoms with E-state index in [0.717, 1.165) is 17.1 Å². The smallest absolute Gasteiger partial charge is 0.0467 e. The molecular formula is C64H43N. The van der Waals surface area contributed by atoms with Crippen LogP contribution in [0.2, 0.25) is 0 Å². The van der Waals surface area contributed by atoms with Crippen molar-refractivity contribution in [2.75, 3.05) is 4.90 Å². The first-order chi connectivity index (χ1) is 32.2. The molecule has 0 spiro atoms. The van der Waals surface area contributed by atoms with Crippen molar-refractivity contribution in [1.82, 2.24) is 0 Å². The second-order valence-electron chi connectivity index (χ2n) is 16.9. The first-order valence-corrected chi connectivity index (χ1v) is 22.4. The summed E-state index contributed by atoms with van der Waals surface area (Å²) >= 11 is 0. The number of fused-ring (bicyclic) bond motifs is 5. The van der Waals surface area contributed by atoms with Crippen LogP contribution in [0.25, 0.3) is 98.7 Å². The van der Waals surface area contributed by atoms with Crippen molar-refractivity contribution >= 4 is 60.2 Å². The molecule has 1 nitrogen and oxygen atoms in total. The van der Waals surface area contributed by atoms with E-state index in [0.29, 0.717) is 0 Å². The van der Waals surface area contributed by atoms with Gasteiger partial charge in [-0.3, -0.25) is 0 Å². The summed E-state index contributed by atoms with van der Waals surface area (Å²) in [4.78, 5) is 2.39. The highest BCUT2D eigenvalue weighted by atomic mass is 15.1. The van der Waals surface area contributed by atoms with Gasteiger partial charge >= 0.3 is 0 Å². The largest absolute Gasteiger partial charge is 0.310 e. The molecule has 0 aliphatic heterocycles. The molecule has 12 rings (SSSR count). The van der Waals surface area contributed by atoms with E-state index in [4.69, 9.17) is 0 Å². The zero-order chi connectivity index (χ0) is 43.1. The van der Waals surface area contributed by atoms with Gasteiger partial charge in [-0.15, -0.1) is 0 Å². The number of rotatable bonds is 8. The van der Waals surface area contributed by atoms with Crippen LogP contribution in [0, 0.1) is 0 Å². The molecule has 304 valence electrons. The number of anilines is 3. The maximum absolute atomic E-state index is 2.39. The van der Waals surface area contributed by atoms with Crippen LogP contribution in [0.15, 0.2) is 261 Å². The van der Waals surface area contributed by atoms with E-state index >= 15 is 0 Å². The van der Waals surface area contributed by atoms with Crippen molar-refractivity contribution in [3.63, 3.8) is 0 Å². The lowest BCUT2D eigenvalue weighted by Gasteiger charge is -2.27. The third-order valence-corrected chi connectivity index (χ3v) is 13.0. The average molecular weight is 826 g/mol. The Labute approximate surface area is 379 Å². The molecule has 0 saturated carbocycles. The summed E-state index contributed by atoms with van der Waals surface area (Å²) in [7, 11) is 0. The zero-order valence-electron chi connectivity index (χ0n) is 35.8. The molecule has 0 aliphatic rings. The van der Waals surface area contributed by atoms with Gasteiger partial charge in [0.2, 0.25) is 0 Å². The maximum Gasteiger partial charge on any atom is 0.0467 e. The van der Waals surface area contributed by atoms with Gasteiger partial charge in [0.15, 0.2) is 0 Å².